The van der Waals surface area contributed by atoms with Crippen molar-refractivity contribution in [3.63, 3.8) is 0 Å². The van der Waals surface area contributed by atoms with E-state index in [1.807, 2.05) is 19.9 Å². The zero-order valence-electron chi connectivity index (χ0n) is 11.7. The molecule has 1 rings (SSSR count). The first-order valence-electron chi connectivity index (χ1n) is 6.45. The molecule has 2 N–H and O–H groups in total. The number of carbonyl (C=O) groups excluding carboxylic acids is 2. The van der Waals surface area contributed by atoms with Crippen LogP contribution in [0.5, 0.6) is 5.75 Å². The van der Waals surface area contributed by atoms with Crippen LogP contribution in [0, 0.1) is 6.92 Å². The molecule has 0 bridgehead atoms. The van der Waals surface area contributed by atoms with Gasteiger partial charge in [-0.15, -0.1) is 0 Å². The summed E-state index contributed by atoms with van der Waals surface area (Å²) in [5.74, 6) is -0.125. The maximum absolute atomic E-state index is 11.5. The van der Waals surface area contributed by atoms with Crippen molar-refractivity contribution in [1.82, 2.24) is 10.6 Å². The third kappa shape index (κ3) is 5.93. The van der Waals surface area contributed by atoms with Crippen LogP contribution in [-0.4, -0.2) is 31.5 Å². The summed E-state index contributed by atoms with van der Waals surface area (Å²) in [4.78, 5) is 22.8. The van der Waals surface area contributed by atoms with Crippen LogP contribution in [-0.2, 0) is 9.59 Å². The summed E-state index contributed by atoms with van der Waals surface area (Å²) in [5, 5.41) is 5.59. The minimum atomic E-state index is -0.366. The van der Waals surface area contributed by atoms with E-state index in [0.29, 0.717) is 17.3 Å². The molecular weight excluding hydrogens is 280 g/mol. The summed E-state index contributed by atoms with van der Waals surface area (Å²) < 4.78 is 5.32. The number of ether oxygens (including phenoxy) is 1. The highest BCUT2D eigenvalue weighted by Crippen LogP contribution is 2.24. The minimum Gasteiger partial charge on any atom is -0.482 e. The fourth-order valence-electron chi connectivity index (χ4n) is 1.42. The SMILES string of the molecule is CCCNC(=O)CNC(=O)COc1cc(C)ccc1Cl. The Bertz CT molecular complexity index is 477. The minimum absolute atomic E-state index is 0.0518. The van der Waals surface area contributed by atoms with Gasteiger partial charge in [-0.2, -0.15) is 0 Å². The second-order valence-corrected chi connectivity index (χ2v) is 4.76. The lowest BCUT2D eigenvalue weighted by molar-refractivity contribution is -0.127. The van der Waals surface area contributed by atoms with Gasteiger partial charge < -0.3 is 15.4 Å². The fourth-order valence-corrected chi connectivity index (χ4v) is 1.59. The van der Waals surface area contributed by atoms with E-state index >= 15 is 0 Å². The molecule has 0 aliphatic rings. The Morgan fingerprint density at radius 2 is 2.00 bits per heavy atom. The fraction of sp³-hybridized carbons (Fsp3) is 0.429. The highest BCUT2D eigenvalue weighted by Gasteiger charge is 2.07. The molecule has 5 nitrogen and oxygen atoms in total. The van der Waals surface area contributed by atoms with Crippen LogP contribution in [0.2, 0.25) is 5.02 Å². The summed E-state index contributed by atoms with van der Waals surface area (Å²) in [7, 11) is 0. The van der Waals surface area contributed by atoms with Crippen molar-refractivity contribution in [2.24, 2.45) is 0 Å². The van der Waals surface area contributed by atoms with E-state index in [1.165, 1.54) is 0 Å². The quantitative estimate of drug-likeness (QED) is 0.804. The lowest BCUT2D eigenvalue weighted by Gasteiger charge is -2.09. The molecule has 0 heterocycles. The van der Waals surface area contributed by atoms with Crippen molar-refractivity contribution in [2.75, 3.05) is 19.7 Å². The predicted molar refractivity (Wildman–Crippen MR) is 78.0 cm³/mol. The molecule has 20 heavy (non-hydrogen) atoms. The Kier molecular flexibility index (Phi) is 6.87. The lowest BCUT2D eigenvalue weighted by Crippen LogP contribution is -2.39. The van der Waals surface area contributed by atoms with E-state index in [2.05, 4.69) is 10.6 Å². The summed E-state index contributed by atoms with van der Waals surface area (Å²) in [6.07, 6.45) is 0.856. The van der Waals surface area contributed by atoms with E-state index < -0.39 is 0 Å². The second kappa shape index (κ2) is 8.43. The zero-order valence-corrected chi connectivity index (χ0v) is 12.4. The van der Waals surface area contributed by atoms with Crippen LogP contribution in [0.4, 0.5) is 0 Å². The number of carbonyl (C=O) groups is 2. The summed E-state index contributed by atoms with van der Waals surface area (Å²) in [6, 6.07) is 5.32. The van der Waals surface area contributed by atoms with Crippen LogP contribution < -0.4 is 15.4 Å². The van der Waals surface area contributed by atoms with Gasteiger partial charge >= 0.3 is 0 Å². The average Bonchev–Trinajstić information content (AvgIpc) is 2.43. The number of halogens is 1. The Morgan fingerprint density at radius 1 is 1.25 bits per heavy atom. The van der Waals surface area contributed by atoms with Crippen LogP contribution >= 0.6 is 11.6 Å². The molecule has 0 aliphatic heterocycles. The number of benzene rings is 1. The number of nitrogens with one attached hydrogen (secondary N) is 2. The molecular formula is C14H19ClN2O3. The van der Waals surface area contributed by atoms with E-state index in [0.717, 1.165) is 12.0 Å². The summed E-state index contributed by atoms with van der Waals surface area (Å²) in [5.41, 5.74) is 0.990. The van der Waals surface area contributed by atoms with Gasteiger partial charge in [-0.3, -0.25) is 9.59 Å². The maximum Gasteiger partial charge on any atom is 0.258 e. The van der Waals surface area contributed by atoms with E-state index in [9.17, 15) is 9.59 Å². The van der Waals surface area contributed by atoms with E-state index in [4.69, 9.17) is 16.3 Å². The summed E-state index contributed by atoms with van der Waals surface area (Å²) in [6.45, 7) is 4.23. The van der Waals surface area contributed by atoms with Gasteiger partial charge in [0.05, 0.1) is 11.6 Å². The molecule has 0 aromatic heterocycles. The molecule has 6 heteroatoms. The summed E-state index contributed by atoms with van der Waals surface area (Å²) >= 11 is 5.94. The normalized spacial score (nSPS) is 9.95. The van der Waals surface area contributed by atoms with Crippen molar-refractivity contribution in [1.29, 1.82) is 0 Å². The predicted octanol–water partition coefficient (Wildman–Crippen LogP) is 1.67. The van der Waals surface area contributed by atoms with Gasteiger partial charge in [-0.05, 0) is 31.0 Å². The molecule has 0 fully saturated rings. The number of hydrogen-bond donors (Lipinski definition) is 2. The van der Waals surface area contributed by atoms with Gasteiger partial charge in [0.2, 0.25) is 5.91 Å². The molecule has 110 valence electrons. The molecule has 1 aromatic rings. The molecule has 0 radical (unpaired) electrons. The molecule has 2 amide bonds. The Labute approximate surface area is 123 Å². The van der Waals surface area contributed by atoms with Crippen LogP contribution in [0.25, 0.3) is 0 Å². The highest BCUT2D eigenvalue weighted by atomic mass is 35.5. The number of amides is 2. The zero-order chi connectivity index (χ0) is 15.0. The van der Waals surface area contributed by atoms with Crippen molar-refractivity contribution in [3.05, 3.63) is 28.8 Å². The largest absolute Gasteiger partial charge is 0.482 e. The molecule has 0 aliphatic carbocycles. The van der Waals surface area contributed by atoms with Crippen molar-refractivity contribution in [3.8, 4) is 5.75 Å². The third-order valence-corrected chi connectivity index (χ3v) is 2.78. The number of hydrogen-bond acceptors (Lipinski definition) is 3. The Balaban J connectivity index is 2.33. The molecule has 0 atom stereocenters. The molecule has 0 saturated carbocycles. The number of rotatable bonds is 7. The maximum atomic E-state index is 11.5. The van der Waals surface area contributed by atoms with Gasteiger partial charge in [0, 0.05) is 6.54 Å². The van der Waals surface area contributed by atoms with Crippen molar-refractivity contribution < 1.29 is 14.3 Å². The number of aryl methyl sites for hydroxylation is 1. The van der Waals surface area contributed by atoms with Gasteiger partial charge in [-0.1, -0.05) is 24.6 Å². The highest BCUT2D eigenvalue weighted by molar-refractivity contribution is 6.32. The van der Waals surface area contributed by atoms with Gasteiger partial charge in [0.1, 0.15) is 5.75 Å². The van der Waals surface area contributed by atoms with Gasteiger partial charge in [-0.25, -0.2) is 0 Å². The lowest BCUT2D eigenvalue weighted by atomic mass is 10.2. The van der Waals surface area contributed by atoms with E-state index in [-0.39, 0.29) is 25.0 Å². The third-order valence-electron chi connectivity index (χ3n) is 2.46. The monoisotopic (exact) mass is 298 g/mol. The van der Waals surface area contributed by atoms with Gasteiger partial charge in [0.25, 0.3) is 5.91 Å². The van der Waals surface area contributed by atoms with Crippen molar-refractivity contribution >= 4 is 23.4 Å². The van der Waals surface area contributed by atoms with Gasteiger partial charge in [0.15, 0.2) is 6.61 Å². The first kappa shape index (κ1) is 16.3. The molecule has 1 aromatic carbocycles. The van der Waals surface area contributed by atoms with Crippen molar-refractivity contribution in [2.45, 2.75) is 20.3 Å². The first-order valence-corrected chi connectivity index (χ1v) is 6.83. The van der Waals surface area contributed by atoms with Crippen LogP contribution in [0.3, 0.4) is 0 Å². The first-order chi connectivity index (χ1) is 9.52. The van der Waals surface area contributed by atoms with Crippen LogP contribution in [0.1, 0.15) is 18.9 Å². The van der Waals surface area contributed by atoms with Crippen LogP contribution in [0.15, 0.2) is 18.2 Å². The van der Waals surface area contributed by atoms with E-state index in [1.54, 1.807) is 12.1 Å². The molecule has 0 saturated heterocycles. The molecule has 0 unspecified atom stereocenters. The second-order valence-electron chi connectivity index (χ2n) is 4.35. The Morgan fingerprint density at radius 3 is 2.70 bits per heavy atom. The standard InChI is InChI=1S/C14H19ClN2O3/c1-3-6-16-13(18)8-17-14(19)9-20-12-7-10(2)4-5-11(12)15/h4-5,7H,3,6,8-9H2,1-2H3,(H,16,18)(H,17,19). The molecule has 0 spiro atoms. The topological polar surface area (TPSA) is 67.4 Å². The smallest absolute Gasteiger partial charge is 0.258 e. The average molecular weight is 299 g/mol. The Hall–Kier alpha value is -1.75.